The summed E-state index contributed by atoms with van der Waals surface area (Å²) in [5.41, 5.74) is 2.07. The summed E-state index contributed by atoms with van der Waals surface area (Å²) >= 11 is 0. The highest BCUT2D eigenvalue weighted by Crippen LogP contribution is 2.41. The molecule has 0 spiro atoms. The minimum atomic E-state index is 0.0462. The zero-order chi connectivity index (χ0) is 11.4. The average molecular weight is 229 g/mol. The lowest BCUT2D eigenvalue weighted by molar-refractivity contribution is -0.120. The van der Waals surface area contributed by atoms with Crippen LogP contribution in [0.1, 0.15) is 18.5 Å². The second kappa shape index (κ2) is 3.29. The van der Waals surface area contributed by atoms with Crippen molar-refractivity contribution in [3.63, 3.8) is 0 Å². The van der Waals surface area contributed by atoms with Crippen LogP contribution in [0.2, 0.25) is 0 Å². The smallest absolute Gasteiger partial charge is 0.244 e. The van der Waals surface area contributed by atoms with Crippen LogP contribution in [0, 0.1) is 5.92 Å². The number of anilines is 1. The highest BCUT2D eigenvalue weighted by Gasteiger charge is 2.49. The van der Waals surface area contributed by atoms with E-state index in [4.69, 9.17) is 0 Å². The first-order valence-electron chi connectivity index (χ1n) is 6.34. The van der Waals surface area contributed by atoms with E-state index in [0.717, 1.165) is 36.7 Å². The number of nitrogens with zero attached hydrogens (tertiary/aromatic N) is 2. The molecule has 1 amide bonds. The first-order chi connectivity index (χ1) is 8.33. The van der Waals surface area contributed by atoms with Gasteiger partial charge in [0.25, 0.3) is 0 Å². The first kappa shape index (κ1) is 9.59. The van der Waals surface area contributed by atoms with Crippen molar-refractivity contribution < 1.29 is 4.79 Å². The molecule has 17 heavy (non-hydrogen) atoms. The molecule has 4 nitrogen and oxygen atoms in total. The zero-order valence-corrected chi connectivity index (χ0v) is 9.60. The first-order valence-corrected chi connectivity index (χ1v) is 6.34. The van der Waals surface area contributed by atoms with Crippen LogP contribution in [0.5, 0.6) is 0 Å². The molecule has 0 bridgehead atoms. The topological polar surface area (TPSA) is 45.2 Å². The summed E-state index contributed by atoms with van der Waals surface area (Å²) in [5, 5.41) is 3.42. The fourth-order valence-corrected chi connectivity index (χ4v) is 3.14. The Labute approximate surface area is 100 Å². The molecule has 0 radical (unpaired) electrons. The molecule has 1 aromatic rings. The van der Waals surface area contributed by atoms with E-state index in [0.29, 0.717) is 6.04 Å². The third-order valence-electron chi connectivity index (χ3n) is 4.17. The Balaban J connectivity index is 1.58. The molecule has 3 atom stereocenters. The van der Waals surface area contributed by atoms with E-state index in [1.807, 2.05) is 17.0 Å². The predicted octanol–water partition coefficient (Wildman–Crippen LogP) is 0.721. The van der Waals surface area contributed by atoms with Crippen LogP contribution in [0.15, 0.2) is 18.3 Å². The molecule has 88 valence electrons. The Morgan fingerprint density at radius 3 is 3.24 bits per heavy atom. The van der Waals surface area contributed by atoms with Gasteiger partial charge in [0, 0.05) is 25.2 Å². The van der Waals surface area contributed by atoms with Gasteiger partial charge in [-0.25, -0.2) is 0 Å². The summed E-state index contributed by atoms with van der Waals surface area (Å²) < 4.78 is 0. The highest BCUT2D eigenvalue weighted by atomic mass is 16.2. The van der Waals surface area contributed by atoms with E-state index in [2.05, 4.69) is 10.3 Å². The summed E-state index contributed by atoms with van der Waals surface area (Å²) in [4.78, 5) is 18.6. The van der Waals surface area contributed by atoms with Crippen molar-refractivity contribution >= 4 is 11.6 Å². The fraction of sp³-hybridized carbons (Fsp3) is 0.538. The maximum absolute atomic E-state index is 12.4. The monoisotopic (exact) mass is 229 g/mol. The van der Waals surface area contributed by atoms with Crippen LogP contribution >= 0.6 is 0 Å². The molecule has 0 aromatic carbocycles. The number of rotatable bonds is 1. The molecule has 1 N–H and O–H groups in total. The molecule has 0 unspecified atom stereocenters. The maximum Gasteiger partial charge on any atom is 0.244 e. The number of hydrogen-bond donors (Lipinski definition) is 1. The number of fused-ring (bicyclic) bond motifs is 2. The Hall–Kier alpha value is -1.42. The minimum absolute atomic E-state index is 0.0462. The van der Waals surface area contributed by atoms with Crippen molar-refractivity contribution in [2.24, 2.45) is 5.92 Å². The Kier molecular flexibility index (Phi) is 1.86. The lowest BCUT2D eigenvalue weighted by atomic mass is 10.1. The Bertz CT molecular complexity index is 477. The molecule has 4 heteroatoms. The maximum atomic E-state index is 12.4. The molecule has 4 rings (SSSR count). The number of carbonyl (C=O) groups excluding carboxylic acids is 1. The van der Waals surface area contributed by atoms with Crippen molar-refractivity contribution in [2.45, 2.75) is 31.3 Å². The normalized spacial score (nSPS) is 33.4. The molecule has 1 saturated heterocycles. The predicted molar refractivity (Wildman–Crippen MR) is 63.7 cm³/mol. The number of pyridine rings is 1. The number of hydrogen-bond acceptors (Lipinski definition) is 3. The van der Waals surface area contributed by atoms with Gasteiger partial charge in [0.15, 0.2) is 0 Å². The molecule has 3 heterocycles. The third-order valence-corrected chi connectivity index (χ3v) is 4.17. The van der Waals surface area contributed by atoms with Crippen LogP contribution in [0.3, 0.4) is 0 Å². The second-order valence-electron chi connectivity index (χ2n) is 5.27. The molecule has 2 fully saturated rings. The van der Waals surface area contributed by atoms with Gasteiger partial charge < -0.3 is 10.2 Å². The lowest BCUT2D eigenvalue weighted by Crippen LogP contribution is -2.44. The van der Waals surface area contributed by atoms with E-state index >= 15 is 0 Å². The number of carbonyl (C=O) groups is 1. The molecule has 1 aliphatic carbocycles. The molecule has 2 aliphatic heterocycles. The summed E-state index contributed by atoms with van der Waals surface area (Å²) in [5.74, 6) is 1.00. The zero-order valence-electron chi connectivity index (χ0n) is 9.60. The van der Waals surface area contributed by atoms with Crippen LogP contribution in [0.4, 0.5) is 5.69 Å². The van der Waals surface area contributed by atoms with Gasteiger partial charge in [0.2, 0.25) is 5.91 Å². The van der Waals surface area contributed by atoms with E-state index < -0.39 is 0 Å². The van der Waals surface area contributed by atoms with Gasteiger partial charge in [0.05, 0.1) is 17.4 Å². The quantitative estimate of drug-likeness (QED) is 0.772. The highest BCUT2D eigenvalue weighted by molar-refractivity contribution is 5.99. The number of aromatic nitrogens is 1. The van der Waals surface area contributed by atoms with E-state index in [-0.39, 0.29) is 11.9 Å². The average Bonchev–Trinajstić information content (AvgIpc) is 2.80. The fourth-order valence-electron chi connectivity index (χ4n) is 3.14. The van der Waals surface area contributed by atoms with Gasteiger partial charge in [-0.15, -0.1) is 0 Å². The lowest BCUT2D eigenvalue weighted by Gasteiger charge is -2.22. The number of nitrogens with one attached hydrogen (secondary N) is 1. The van der Waals surface area contributed by atoms with Crippen molar-refractivity contribution in [3.05, 3.63) is 24.0 Å². The van der Waals surface area contributed by atoms with Gasteiger partial charge in [-0.05, 0) is 30.9 Å². The van der Waals surface area contributed by atoms with Gasteiger partial charge in [-0.1, -0.05) is 0 Å². The summed E-state index contributed by atoms with van der Waals surface area (Å²) in [6.45, 7) is 0.790. The van der Waals surface area contributed by atoms with E-state index in [9.17, 15) is 4.79 Å². The SMILES string of the molecule is O=C([C@@H]1C[C@H]2C[C@H]2N1)N1CCc2ncccc21. The molecule has 1 saturated carbocycles. The molecule has 3 aliphatic rings. The largest absolute Gasteiger partial charge is 0.309 e. The standard InChI is InChI=1S/C13H15N3O/c17-13(11-7-8-6-10(8)15-11)16-5-3-9-12(16)2-1-4-14-9/h1-2,4,8,10-11,15H,3,5-7H2/t8-,10-,11+/m1/s1. The van der Waals surface area contributed by atoms with Crippen molar-refractivity contribution in [3.8, 4) is 0 Å². The summed E-state index contributed by atoms with van der Waals surface area (Å²) in [7, 11) is 0. The molecule has 1 aromatic heterocycles. The van der Waals surface area contributed by atoms with E-state index in [1.54, 1.807) is 6.20 Å². The van der Waals surface area contributed by atoms with Crippen LogP contribution in [-0.2, 0) is 11.2 Å². The van der Waals surface area contributed by atoms with Crippen LogP contribution < -0.4 is 10.2 Å². The molecular weight excluding hydrogens is 214 g/mol. The third kappa shape index (κ3) is 1.40. The van der Waals surface area contributed by atoms with Crippen molar-refractivity contribution in [1.29, 1.82) is 0 Å². The van der Waals surface area contributed by atoms with E-state index in [1.165, 1.54) is 6.42 Å². The Morgan fingerprint density at radius 1 is 1.47 bits per heavy atom. The van der Waals surface area contributed by atoms with Gasteiger partial charge >= 0.3 is 0 Å². The van der Waals surface area contributed by atoms with Gasteiger partial charge in [-0.2, -0.15) is 0 Å². The van der Waals surface area contributed by atoms with Crippen molar-refractivity contribution in [2.75, 3.05) is 11.4 Å². The minimum Gasteiger partial charge on any atom is -0.309 e. The second-order valence-corrected chi connectivity index (χ2v) is 5.27. The van der Waals surface area contributed by atoms with Gasteiger partial charge in [-0.3, -0.25) is 9.78 Å². The number of piperidine rings is 1. The number of amides is 1. The Morgan fingerprint density at radius 2 is 2.41 bits per heavy atom. The van der Waals surface area contributed by atoms with Gasteiger partial charge in [0.1, 0.15) is 0 Å². The van der Waals surface area contributed by atoms with Crippen molar-refractivity contribution in [1.82, 2.24) is 10.3 Å². The summed E-state index contributed by atoms with van der Waals surface area (Å²) in [6.07, 6.45) is 4.98. The van der Waals surface area contributed by atoms with Crippen LogP contribution in [-0.4, -0.2) is 29.5 Å². The summed E-state index contributed by atoms with van der Waals surface area (Å²) in [6, 6.07) is 4.58. The van der Waals surface area contributed by atoms with Crippen LogP contribution in [0.25, 0.3) is 0 Å². The molecular formula is C13H15N3O.